The first-order chi connectivity index (χ1) is 17.1. The molecule has 2 aliphatic heterocycles. The number of piperidine rings is 1. The zero-order valence-electron chi connectivity index (χ0n) is 19.5. The van der Waals surface area contributed by atoms with E-state index in [1.807, 2.05) is 10.9 Å². The first kappa shape index (κ1) is 23.6. The normalized spacial score (nSPS) is 19.1. The van der Waals surface area contributed by atoms with Crippen LogP contribution < -0.4 is 10.6 Å². The van der Waals surface area contributed by atoms with Crippen LogP contribution >= 0.6 is 11.6 Å². The highest BCUT2D eigenvalue weighted by molar-refractivity contribution is 6.36. The van der Waals surface area contributed by atoms with Crippen LogP contribution in [-0.2, 0) is 16.1 Å². The average Bonchev–Trinajstić information content (AvgIpc) is 3.49. The summed E-state index contributed by atoms with van der Waals surface area (Å²) in [7, 11) is 0. The number of fused-ring (bicyclic) bond motifs is 1. The summed E-state index contributed by atoms with van der Waals surface area (Å²) in [5.74, 6) is 0.999. The maximum absolute atomic E-state index is 12.1. The Balaban J connectivity index is 1.29. The molecule has 11 nitrogen and oxygen atoms in total. The van der Waals surface area contributed by atoms with Gasteiger partial charge in [0.05, 0.1) is 42.1 Å². The summed E-state index contributed by atoms with van der Waals surface area (Å²) in [6, 6.07) is 0.0486. The first-order valence-electron chi connectivity index (χ1n) is 11.9. The lowest BCUT2D eigenvalue weighted by Gasteiger charge is -2.33. The third-order valence-electron chi connectivity index (χ3n) is 6.37. The van der Waals surface area contributed by atoms with E-state index in [1.54, 1.807) is 17.3 Å². The number of hydrogen-bond donors (Lipinski definition) is 3. The quantitative estimate of drug-likeness (QED) is 0.405. The Morgan fingerprint density at radius 3 is 2.97 bits per heavy atom. The number of nitrogens with zero attached hydrogens (tertiary/aromatic N) is 6. The summed E-state index contributed by atoms with van der Waals surface area (Å²) in [5.41, 5.74) is 1.43. The van der Waals surface area contributed by atoms with Gasteiger partial charge in [0.15, 0.2) is 0 Å². The molecule has 2 fully saturated rings. The van der Waals surface area contributed by atoms with Gasteiger partial charge in [-0.1, -0.05) is 18.2 Å². The van der Waals surface area contributed by atoms with Crippen LogP contribution in [0.25, 0.3) is 11.0 Å². The topological polar surface area (TPSA) is 116 Å². The van der Waals surface area contributed by atoms with Crippen LogP contribution in [0.5, 0.6) is 0 Å². The number of morpholine rings is 1. The van der Waals surface area contributed by atoms with Crippen molar-refractivity contribution in [1.29, 1.82) is 0 Å². The van der Waals surface area contributed by atoms with Crippen molar-refractivity contribution in [2.45, 2.75) is 25.4 Å². The molecule has 12 heteroatoms. The van der Waals surface area contributed by atoms with E-state index in [1.165, 1.54) is 6.08 Å². The van der Waals surface area contributed by atoms with E-state index in [-0.39, 0.29) is 11.9 Å². The van der Waals surface area contributed by atoms with Crippen LogP contribution in [0.1, 0.15) is 12.8 Å². The van der Waals surface area contributed by atoms with Crippen molar-refractivity contribution in [3.8, 4) is 0 Å². The van der Waals surface area contributed by atoms with E-state index in [0.717, 1.165) is 69.9 Å². The van der Waals surface area contributed by atoms with Gasteiger partial charge in [-0.05, 0) is 18.9 Å². The van der Waals surface area contributed by atoms with Gasteiger partial charge in [0.2, 0.25) is 11.9 Å². The molecule has 1 atom stereocenters. The standard InChI is InChI=1S/C23H30ClN9O2/c1-2-19(34)32-5-3-4-16(14-32)27-22-20-18(24)13-25-21(20)29-23(30-22)28-17-12-26-33(15-17)7-6-31-8-10-35-11-9-31/h2,12-13,15-16H,1,3-11,14H2,(H3,25,27,28,29,30)/t16-/m1/s1. The molecule has 3 aromatic rings. The van der Waals surface area contributed by atoms with Crippen molar-refractivity contribution in [3.05, 3.63) is 36.3 Å². The molecule has 186 valence electrons. The second kappa shape index (κ2) is 10.6. The van der Waals surface area contributed by atoms with Gasteiger partial charge in [0, 0.05) is 51.2 Å². The largest absolute Gasteiger partial charge is 0.379 e. The Morgan fingerprint density at radius 2 is 2.14 bits per heavy atom. The number of ether oxygens (including phenoxy) is 1. The maximum Gasteiger partial charge on any atom is 0.246 e. The van der Waals surface area contributed by atoms with Gasteiger partial charge in [-0.15, -0.1) is 0 Å². The van der Waals surface area contributed by atoms with E-state index in [2.05, 4.69) is 37.2 Å². The molecule has 0 bridgehead atoms. The number of rotatable bonds is 8. The highest BCUT2D eigenvalue weighted by Gasteiger charge is 2.24. The summed E-state index contributed by atoms with van der Waals surface area (Å²) < 4.78 is 7.32. The maximum atomic E-state index is 12.1. The molecule has 2 saturated heterocycles. The molecular formula is C23H30ClN9O2. The van der Waals surface area contributed by atoms with Gasteiger partial charge in [0.1, 0.15) is 11.5 Å². The van der Waals surface area contributed by atoms with Crippen molar-refractivity contribution >= 4 is 46.0 Å². The molecule has 1 amide bonds. The minimum Gasteiger partial charge on any atom is -0.379 e. The van der Waals surface area contributed by atoms with Crippen LogP contribution in [0.2, 0.25) is 5.02 Å². The number of anilines is 3. The summed E-state index contributed by atoms with van der Waals surface area (Å²) >= 11 is 6.44. The van der Waals surface area contributed by atoms with Crippen molar-refractivity contribution in [2.24, 2.45) is 0 Å². The second-order valence-electron chi connectivity index (χ2n) is 8.80. The molecular weight excluding hydrogens is 470 g/mol. The fraction of sp³-hybridized carbons (Fsp3) is 0.478. The van der Waals surface area contributed by atoms with Crippen molar-refractivity contribution < 1.29 is 9.53 Å². The lowest BCUT2D eigenvalue weighted by Crippen LogP contribution is -2.44. The molecule has 5 rings (SSSR count). The van der Waals surface area contributed by atoms with Gasteiger partial charge >= 0.3 is 0 Å². The smallest absolute Gasteiger partial charge is 0.246 e. The Labute approximate surface area is 208 Å². The highest BCUT2D eigenvalue weighted by Crippen LogP contribution is 2.31. The van der Waals surface area contributed by atoms with Crippen molar-refractivity contribution in [2.75, 3.05) is 56.6 Å². The number of carbonyl (C=O) groups is 1. The minimum absolute atomic E-state index is 0.0486. The summed E-state index contributed by atoms with van der Waals surface area (Å²) in [5, 5.41) is 12.5. The molecule has 2 aliphatic rings. The van der Waals surface area contributed by atoms with Crippen molar-refractivity contribution in [3.63, 3.8) is 0 Å². The zero-order chi connectivity index (χ0) is 24.2. The van der Waals surface area contributed by atoms with Gasteiger partial charge in [0.25, 0.3) is 0 Å². The predicted octanol–water partition coefficient (Wildman–Crippen LogP) is 2.47. The number of H-pyrrole nitrogens is 1. The van der Waals surface area contributed by atoms with E-state index in [0.29, 0.717) is 29.0 Å². The zero-order valence-corrected chi connectivity index (χ0v) is 20.3. The lowest BCUT2D eigenvalue weighted by molar-refractivity contribution is -0.127. The molecule has 0 saturated carbocycles. The number of nitrogens with one attached hydrogen (secondary N) is 3. The number of halogens is 1. The van der Waals surface area contributed by atoms with E-state index in [9.17, 15) is 4.79 Å². The third kappa shape index (κ3) is 5.58. The Kier molecular flexibility index (Phi) is 7.16. The molecule has 0 aromatic carbocycles. The average molecular weight is 500 g/mol. The third-order valence-corrected chi connectivity index (χ3v) is 6.67. The number of aromatic amines is 1. The summed E-state index contributed by atoms with van der Waals surface area (Å²) in [6.45, 7) is 10.1. The Bertz CT molecular complexity index is 1190. The molecule has 35 heavy (non-hydrogen) atoms. The molecule has 5 heterocycles. The van der Waals surface area contributed by atoms with Gasteiger partial charge < -0.3 is 25.3 Å². The van der Waals surface area contributed by atoms with Crippen LogP contribution in [0.3, 0.4) is 0 Å². The Morgan fingerprint density at radius 1 is 1.29 bits per heavy atom. The fourth-order valence-electron chi connectivity index (χ4n) is 4.52. The Hall–Kier alpha value is -3.15. The molecule has 0 spiro atoms. The van der Waals surface area contributed by atoms with Crippen LogP contribution in [0.15, 0.2) is 31.2 Å². The molecule has 0 aliphatic carbocycles. The number of likely N-dealkylation sites (tertiary alicyclic amines) is 1. The molecule has 0 radical (unpaired) electrons. The van der Waals surface area contributed by atoms with Crippen LogP contribution in [-0.4, -0.2) is 92.4 Å². The molecule has 3 aromatic heterocycles. The highest BCUT2D eigenvalue weighted by atomic mass is 35.5. The van der Waals surface area contributed by atoms with Crippen molar-refractivity contribution in [1.82, 2.24) is 34.5 Å². The minimum atomic E-state index is -0.0583. The second-order valence-corrected chi connectivity index (χ2v) is 9.21. The fourth-order valence-corrected chi connectivity index (χ4v) is 4.75. The van der Waals surface area contributed by atoms with E-state index < -0.39 is 0 Å². The van der Waals surface area contributed by atoms with Crippen LogP contribution in [0.4, 0.5) is 17.5 Å². The predicted molar refractivity (Wildman–Crippen MR) is 135 cm³/mol. The van der Waals surface area contributed by atoms with Gasteiger partial charge in [-0.25, -0.2) is 0 Å². The van der Waals surface area contributed by atoms with E-state index >= 15 is 0 Å². The number of hydrogen-bond acceptors (Lipinski definition) is 8. The monoisotopic (exact) mass is 499 g/mol. The van der Waals surface area contributed by atoms with E-state index in [4.69, 9.17) is 21.3 Å². The molecule has 0 unspecified atom stereocenters. The molecule has 3 N–H and O–H groups in total. The number of carbonyl (C=O) groups excluding carboxylic acids is 1. The van der Waals surface area contributed by atoms with Gasteiger partial charge in [-0.3, -0.25) is 14.4 Å². The SMILES string of the molecule is C=CC(=O)N1CCC[C@@H](Nc2nc(Nc3cnn(CCN4CCOCC4)c3)nc3[nH]cc(Cl)c23)C1. The summed E-state index contributed by atoms with van der Waals surface area (Å²) in [4.78, 5) is 28.7. The lowest BCUT2D eigenvalue weighted by atomic mass is 10.1. The summed E-state index contributed by atoms with van der Waals surface area (Å²) in [6.07, 6.45) is 8.60. The number of amides is 1. The van der Waals surface area contributed by atoms with Gasteiger partial charge in [-0.2, -0.15) is 15.1 Å². The van der Waals surface area contributed by atoms with Crippen LogP contribution in [0, 0.1) is 0 Å². The number of aromatic nitrogens is 5. The first-order valence-corrected chi connectivity index (χ1v) is 12.3.